The first kappa shape index (κ1) is 10.9. The topological polar surface area (TPSA) is 56.7 Å². The fourth-order valence-corrected chi connectivity index (χ4v) is 1.54. The lowest BCUT2D eigenvalue weighted by atomic mass is 10.2. The highest BCUT2D eigenvalue weighted by atomic mass is 35.5. The summed E-state index contributed by atoms with van der Waals surface area (Å²) in [7, 11) is 0. The molecular weight excluding hydrogens is 231 g/mol. The summed E-state index contributed by atoms with van der Waals surface area (Å²) in [6.07, 6.45) is 0. The zero-order valence-electron chi connectivity index (χ0n) is 8.61. The second-order valence-corrected chi connectivity index (χ2v) is 3.87. The van der Waals surface area contributed by atoms with Crippen LogP contribution < -0.4 is 5.73 Å². The van der Waals surface area contributed by atoms with Gasteiger partial charge in [-0.3, -0.25) is 0 Å². The summed E-state index contributed by atoms with van der Waals surface area (Å²) >= 11 is 5.68. The predicted molar refractivity (Wildman–Crippen MR) is 59.7 cm³/mol. The van der Waals surface area contributed by atoms with Crippen molar-refractivity contribution < 1.29 is 4.39 Å². The third-order valence-electron chi connectivity index (χ3n) is 2.33. The Morgan fingerprint density at radius 1 is 1.50 bits per heavy atom. The highest BCUT2D eigenvalue weighted by molar-refractivity contribution is 6.30. The van der Waals surface area contributed by atoms with E-state index in [1.807, 2.05) is 6.92 Å². The molecule has 0 spiro atoms. The number of benzene rings is 1. The summed E-state index contributed by atoms with van der Waals surface area (Å²) in [5, 5.41) is 7.70. The van der Waals surface area contributed by atoms with Crippen molar-refractivity contribution in [3.8, 4) is 0 Å². The Morgan fingerprint density at radius 2 is 2.25 bits per heavy atom. The second kappa shape index (κ2) is 4.09. The number of halogens is 2. The minimum absolute atomic E-state index is 0.100. The van der Waals surface area contributed by atoms with Crippen LogP contribution in [-0.4, -0.2) is 15.0 Å². The first-order valence-corrected chi connectivity index (χ1v) is 5.05. The van der Waals surface area contributed by atoms with Gasteiger partial charge in [0.1, 0.15) is 5.82 Å². The molecule has 0 saturated heterocycles. The SMILES string of the molecule is Cc1c(N)nnn1Cc1ccc(F)c(Cl)c1. The number of hydrogen-bond donors (Lipinski definition) is 1. The molecule has 0 bridgehead atoms. The fraction of sp³-hybridized carbons (Fsp3) is 0.200. The molecule has 4 nitrogen and oxygen atoms in total. The van der Waals surface area contributed by atoms with Crippen LogP contribution >= 0.6 is 11.6 Å². The van der Waals surface area contributed by atoms with Gasteiger partial charge < -0.3 is 5.73 Å². The number of anilines is 1. The van der Waals surface area contributed by atoms with Gasteiger partial charge >= 0.3 is 0 Å². The molecule has 1 aromatic heterocycles. The van der Waals surface area contributed by atoms with Crippen molar-refractivity contribution in [1.82, 2.24) is 15.0 Å². The Kier molecular flexibility index (Phi) is 2.78. The van der Waals surface area contributed by atoms with Gasteiger partial charge in [0, 0.05) is 0 Å². The molecule has 0 amide bonds. The molecule has 0 unspecified atom stereocenters. The summed E-state index contributed by atoms with van der Waals surface area (Å²) < 4.78 is 14.6. The molecule has 0 fully saturated rings. The van der Waals surface area contributed by atoms with Crippen molar-refractivity contribution in [2.75, 3.05) is 5.73 Å². The number of aromatic nitrogens is 3. The molecule has 84 valence electrons. The summed E-state index contributed by atoms with van der Waals surface area (Å²) in [6.45, 7) is 2.29. The monoisotopic (exact) mass is 240 g/mol. The normalized spacial score (nSPS) is 10.7. The van der Waals surface area contributed by atoms with E-state index < -0.39 is 5.82 Å². The van der Waals surface area contributed by atoms with Crippen LogP contribution in [0.2, 0.25) is 5.02 Å². The third-order valence-corrected chi connectivity index (χ3v) is 2.62. The molecule has 2 N–H and O–H groups in total. The summed E-state index contributed by atoms with van der Waals surface area (Å²) in [6, 6.07) is 4.54. The van der Waals surface area contributed by atoms with Crippen molar-refractivity contribution in [3.05, 3.63) is 40.3 Å². The second-order valence-electron chi connectivity index (χ2n) is 3.47. The Bertz CT molecular complexity index is 524. The van der Waals surface area contributed by atoms with Crippen molar-refractivity contribution >= 4 is 17.4 Å². The first-order valence-electron chi connectivity index (χ1n) is 4.67. The van der Waals surface area contributed by atoms with Gasteiger partial charge in [0.2, 0.25) is 0 Å². The highest BCUT2D eigenvalue weighted by Gasteiger charge is 2.06. The fourth-order valence-electron chi connectivity index (χ4n) is 1.33. The van der Waals surface area contributed by atoms with Gasteiger partial charge in [0.25, 0.3) is 0 Å². The van der Waals surface area contributed by atoms with Crippen LogP contribution in [-0.2, 0) is 6.54 Å². The highest BCUT2D eigenvalue weighted by Crippen LogP contribution is 2.17. The van der Waals surface area contributed by atoms with Gasteiger partial charge in [-0.1, -0.05) is 22.9 Å². The Morgan fingerprint density at radius 3 is 2.81 bits per heavy atom. The van der Waals surface area contributed by atoms with Crippen molar-refractivity contribution in [2.45, 2.75) is 13.5 Å². The molecule has 0 aliphatic carbocycles. The van der Waals surface area contributed by atoms with Gasteiger partial charge in [-0.05, 0) is 24.6 Å². The van der Waals surface area contributed by atoms with Gasteiger partial charge in [-0.2, -0.15) is 0 Å². The van der Waals surface area contributed by atoms with E-state index in [0.717, 1.165) is 11.3 Å². The zero-order chi connectivity index (χ0) is 11.7. The number of rotatable bonds is 2. The number of nitrogens with two attached hydrogens (primary N) is 1. The van der Waals surface area contributed by atoms with Crippen LogP contribution in [0.5, 0.6) is 0 Å². The number of nitrogens with zero attached hydrogens (tertiary/aromatic N) is 3. The lowest BCUT2D eigenvalue weighted by Crippen LogP contribution is -2.04. The predicted octanol–water partition coefficient (Wildman–Crippen LogP) is 2.01. The minimum atomic E-state index is -0.430. The van der Waals surface area contributed by atoms with Crippen LogP contribution in [0.15, 0.2) is 18.2 Å². The average molecular weight is 241 g/mol. The van der Waals surface area contributed by atoms with Gasteiger partial charge in [0.15, 0.2) is 5.82 Å². The maximum absolute atomic E-state index is 12.9. The standard InChI is InChI=1S/C10H10ClFN4/c1-6-10(13)14-15-16(6)5-7-2-3-9(12)8(11)4-7/h2-4H,5,13H2,1H3. The minimum Gasteiger partial charge on any atom is -0.381 e. The number of nitrogen functional groups attached to an aromatic ring is 1. The molecule has 1 heterocycles. The van der Waals surface area contributed by atoms with Crippen LogP contribution in [0.1, 0.15) is 11.3 Å². The molecule has 2 aromatic rings. The van der Waals surface area contributed by atoms with Crippen molar-refractivity contribution in [1.29, 1.82) is 0 Å². The van der Waals surface area contributed by atoms with E-state index in [0.29, 0.717) is 12.4 Å². The van der Waals surface area contributed by atoms with E-state index >= 15 is 0 Å². The molecule has 6 heteroatoms. The molecule has 0 aliphatic heterocycles. The molecular formula is C10H10ClFN4. The molecule has 1 aromatic carbocycles. The lowest BCUT2D eigenvalue weighted by Gasteiger charge is -2.04. The maximum Gasteiger partial charge on any atom is 0.168 e. The van der Waals surface area contributed by atoms with Gasteiger partial charge in [-0.15, -0.1) is 5.10 Å². The van der Waals surface area contributed by atoms with Gasteiger partial charge in [0.05, 0.1) is 17.3 Å². The van der Waals surface area contributed by atoms with E-state index in [1.54, 1.807) is 16.8 Å². The molecule has 0 aliphatic rings. The van der Waals surface area contributed by atoms with Crippen LogP contribution in [0, 0.1) is 12.7 Å². The van der Waals surface area contributed by atoms with Gasteiger partial charge in [-0.25, -0.2) is 9.07 Å². The van der Waals surface area contributed by atoms with E-state index in [1.165, 1.54) is 6.07 Å². The number of hydrogen-bond acceptors (Lipinski definition) is 3. The molecule has 0 atom stereocenters. The van der Waals surface area contributed by atoms with E-state index in [-0.39, 0.29) is 5.02 Å². The Balaban J connectivity index is 2.27. The van der Waals surface area contributed by atoms with Crippen LogP contribution in [0.25, 0.3) is 0 Å². The van der Waals surface area contributed by atoms with E-state index in [9.17, 15) is 4.39 Å². The summed E-state index contributed by atoms with van der Waals surface area (Å²) in [4.78, 5) is 0. The average Bonchev–Trinajstić information content (AvgIpc) is 2.55. The largest absolute Gasteiger partial charge is 0.381 e. The third kappa shape index (κ3) is 1.99. The molecule has 16 heavy (non-hydrogen) atoms. The maximum atomic E-state index is 12.9. The molecule has 0 radical (unpaired) electrons. The summed E-state index contributed by atoms with van der Waals surface area (Å²) in [5.41, 5.74) is 7.19. The van der Waals surface area contributed by atoms with Crippen LogP contribution in [0.3, 0.4) is 0 Å². The quantitative estimate of drug-likeness (QED) is 0.874. The smallest absolute Gasteiger partial charge is 0.168 e. The molecule has 2 rings (SSSR count). The molecule has 0 saturated carbocycles. The van der Waals surface area contributed by atoms with Crippen molar-refractivity contribution in [2.24, 2.45) is 0 Å². The van der Waals surface area contributed by atoms with E-state index in [4.69, 9.17) is 17.3 Å². The lowest BCUT2D eigenvalue weighted by molar-refractivity contribution is 0.617. The first-order chi connectivity index (χ1) is 7.58. The Labute approximate surface area is 96.8 Å². The Hall–Kier alpha value is -1.62. The van der Waals surface area contributed by atoms with E-state index in [2.05, 4.69) is 10.3 Å². The van der Waals surface area contributed by atoms with Crippen molar-refractivity contribution in [3.63, 3.8) is 0 Å². The zero-order valence-corrected chi connectivity index (χ0v) is 9.37. The summed E-state index contributed by atoms with van der Waals surface area (Å²) in [5.74, 6) is -0.0338. The van der Waals surface area contributed by atoms with Crippen LogP contribution in [0.4, 0.5) is 10.2 Å².